The summed E-state index contributed by atoms with van der Waals surface area (Å²) in [5, 5.41) is 10.4. The van der Waals surface area contributed by atoms with E-state index in [0.717, 1.165) is 42.5 Å². The molecule has 7 nitrogen and oxygen atoms in total. The van der Waals surface area contributed by atoms with Crippen molar-refractivity contribution in [2.45, 2.75) is 37.6 Å². The second-order valence-electron chi connectivity index (χ2n) is 8.50. The van der Waals surface area contributed by atoms with Gasteiger partial charge in [0.05, 0.1) is 35.5 Å². The monoisotopic (exact) mass is 464 g/mol. The quantitative estimate of drug-likeness (QED) is 0.570. The molecule has 0 spiro atoms. The Kier molecular flexibility index (Phi) is 7.06. The van der Waals surface area contributed by atoms with Crippen molar-refractivity contribution >= 4 is 5.57 Å². The molecule has 2 heterocycles. The molecule has 2 aliphatic rings. The number of rotatable bonds is 7. The van der Waals surface area contributed by atoms with E-state index in [4.69, 9.17) is 23.7 Å². The summed E-state index contributed by atoms with van der Waals surface area (Å²) in [6.45, 7) is 0.880. The molecule has 0 bridgehead atoms. The molecule has 2 atom stereocenters. The highest BCUT2D eigenvalue weighted by Crippen LogP contribution is 2.52. The molecule has 4 rings (SSSR count). The van der Waals surface area contributed by atoms with Gasteiger partial charge in [0.1, 0.15) is 11.8 Å². The number of hydrogen-bond donors (Lipinski definition) is 0. The average Bonchev–Trinajstić information content (AvgIpc) is 2.90. The predicted molar refractivity (Wildman–Crippen MR) is 130 cm³/mol. The lowest BCUT2D eigenvalue weighted by atomic mass is 9.75. The van der Waals surface area contributed by atoms with Crippen LogP contribution in [0.4, 0.5) is 0 Å². The summed E-state index contributed by atoms with van der Waals surface area (Å²) < 4.78 is 28.1. The molecule has 0 aromatic heterocycles. The van der Waals surface area contributed by atoms with E-state index in [1.54, 1.807) is 35.5 Å². The molecular weight excluding hydrogens is 432 g/mol. The zero-order valence-electron chi connectivity index (χ0n) is 20.5. The van der Waals surface area contributed by atoms with E-state index in [9.17, 15) is 5.26 Å². The van der Waals surface area contributed by atoms with Gasteiger partial charge in [0.25, 0.3) is 0 Å². The molecular formula is C27H32N2O5. The van der Waals surface area contributed by atoms with Gasteiger partial charge in [-0.3, -0.25) is 0 Å². The van der Waals surface area contributed by atoms with E-state index in [1.807, 2.05) is 24.3 Å². The van der Waals surface area contributed by atoms with E-state index >= 15 is 0 Å². The summed E-state index contributed by atoms with van der Waals surface area (Å²) in [6.07, 6.45) is 4.23. The molecule has 2 aliphatic heterocycles. The van der Waals surface area contributed by atoms with Crippen molar-refractivity contribution in [3.8, 4) is 34.8 Å². The summed E-state index contributed by atoms with van der Waals surface area (Å²) in [5.74, 6) is 2.97. The van der Waals surface area contributed by atoms with Crippen LogP contribution >= 0.6 is 0 Å². The van der Waals surface area contributed by atoms with Crippen LogP contribution in [0.15, 0.2) is 36.0 Å². The van der Waals surface area contributed by atoms with Gasteiger partial charge in [-0.2, -0.15) is 5.26 Å². The zero-order valence-corrected chi connectivity index (χ0v) is 20.5. The fraction of sp³-hybridized carbons (Fsp3) is 0.444. The first-order valence-corrected chi connectivity index (χ1v) is 11.5. The minimum absolute atomic E-state index is 0.0270. The summed E-state index contributed by atoms with van der Waals surface area (Å²) in [7, 11) is 8.08. The van der Waals surface area contributed by atoms with Crippen LogP contribution in [0.5, 0.6) is 28.7 Å². The highest BCUT2D eigenvalue weighted by Gasteiger charge is 2.39. The van der Waals surface area contributed by atoms with Gasteiger partial charge in [0.2, 0.25) is 5.75 Å². The number of benzene rings is 2. The molecule has 0 amide bonds. The topological polar surface area (TPSA) is 73.2 Å². The van der Waals surface area contributed by atoms with E-state index in [-0.39, 0.29) is 5.92 Å². The lowest BCUT2D eigenvalue weighted by Gasteiger charge is -2.45. The molecule has 0 N–H and O–H groups in total. The molecule has 34 heavy (non-hydrogen) atoms. The Morgan fingerprint density at radius 2 is 1.53 bits per heavy atom. The normalized spacial score (nSPS) is 19.7. The number of nitriles is 1. The Hall–Kier alpha value is -3.53. The summed E-state index contributed by atoms with van der Waals surface area (Å²) in [6, 6.07) is 12.7. The van der Waals surface area contributed by atoms with Crippen LogP contribution in [0.2, 0.25) is 0 Å². The van der Waals surface area contributed by atoms with Gasteiger partial charge in [-0.05, 0) is 55.5 Å². The Morgan fingerprint density at radius 3 is 2.18 bits per heavy atom. The van der Waals surface area contributed by atoms with Crippen LogP contribution in [-0.4, -0.2) is 53.0 Å². The Balaban J connectivity index is 1.98. The van der Waals surface area contributed by atoms with Crippen LogP contribution in [0.3, 0.4) is 0 Å². The second-order valence-corrected chi connectivity index (χ2v) is 8.50. The zero-order chi connectivity index (χ0) is 24.2. The summed E-state index contributed by atoms with van der Waals surface area (Å²) >= 11 is 0. The fourth-order valence-corrected chi connectivity index (χ4v) is 5.38. The van der Waals surface area contributed by atoms with Gasteiger partial charge < -0.3 is 28.6 Å². The van der Waals surface area contributed by atoms with Crippen molar-refractivity contribution in [2.75, 3.05) is 42.1 Å². The largest absolute Gasteiger partial charge is 0.493 e. The number of hydrogen-bond acceptors (Lipinski definition) is 7. The Labute approximate surface area is 201 Å². The molecule has 2 aromatic rings. The van der Waals surface area contributed by atoms with Gasteiger partial charge in [-0.15, -0.1) is 0 Å². The van der Waals surface area contributed by atoms with Crippen molar-refractivity contribution in [2.24, 2.45) is 0 Å². The predicted octanol–water partition coefficient (Wildman–Crippen LogP) is 5.01. The molecule has 0 aliphatic carbocycles. The van der Waals surface area contributed by atoms with Crippen LogP contribution in [0.25, 0.3) is 5.57 Å². The summed E-state index contributed by atoms with van der Waals surface area (Å²) in [4.78, 5) is 2.28. The van der Waals surface area contributed by atoms with Crippen LogP contribution in [0.1, 0.15) is 42.7 Å². The van der Waals surface area contributed by atoms with Crippen LogP contribution < -0.4 is 23.7 Å². The second kappa shape index (κ2) is 10.2. The SMILES string of the molecule is COc1ccc(C2CC3CCCCN3C(C#N)=C2c2ccc(OC)c(OC)c2OC)cc1OC. The van der Waals surface area contributed by atoms with Crippen molar-refractivity contribution in [1.82, 2.24) is 4.90 Å². The van der Waals surface area contributed by atoms with Gasteiger partial charge in [-0.25, -0.2) is 0 Å². The maximum absolute atomic E-state index is 10.4. The van der Waals surface area contributed by atoms with Crippen molar-refractivity contribution in [3.63, 3.8) is 0 Å². The molecule has 0 saturated carbocycles. The maximum atomic E-state index is 10.4. The van der Waals surface area contributed by atoms with Crippen molar-refractivity contribution < 1.29 is 23.7 Å². The molecule has 2 unspecified atom stereocenters. The first-order chi connectivity index (χ1) is 16.6. The minimum Gasteiger partial charge on any atom is -0.493 e. The molecule has 1 fully saturated rings. The standard InChI is InChI=1S/C27H32N2O5/c1-30-22-11-9-17(14-24(22)32-3)20-15-18-8-6-7-13-29(18)21(16-28)25(20)19-10-12-23(31-2)27(34-5)26(19)33-4/h9-12,14,18,20H,6-8,13,15H2,1-5H3. The lowest BCUT2D eigenvalue weighted by Crippen LogP contribution is -2.43. The van der Waals surface area contributed by atoms with E-state index in [1.165, 1.54) is 6.42 Å². The Bertz CT molecular complexity index is 1120. The van der Waals surface area contributed by atoms with Crippen LogP contribution in [0, 0.1) is 11.3 Å². The third-order valence-electron chi connectivity index (χ3n) is 6.94. The number of methoxy groups -OCH3 is 5. The highest BCUT2D eigenvalue weighted by molar-refractivity contribution is 5.83. The third kappa shape index (κ3) is 3.98. The number of ether oxygens (including phenoxy) is 5. The number of allylic oxidation sites excluding steroid dienone is 2. The molecule has 180 valence electrons. The average molecular weight is 465 g/mol. The maximum Gasteiger partial charge on any atom is 0.203 e. The van der Waals surface area contributed by atoms with E-state index in [2.05, 4.69) is 17.0 Å². The van der Waals surface area contributed by atoms with E-state index in [0.29, 0.717) is 40.5 Å². The van der Waals surface area contributed by atoms with Crippen molar-refractivity contribution in [1.29, 1.82) is 5.26 Å². The number of fused-ring (bicyclic) bond motifs is 1. The summed E-state index contributed by atoms with van der Waals surface area (Å²) in [5.41, 5.74) is 3.54. The molecule has 1 saturated heterocycles. The van der Waals surface area contributed by atoms with Gasteiger partial charge >= 0.3 is 0 Å². The first-order valence-electron chi connectivity index (χ1n) is 11.5. The fourth-order valence-electron chi connectivity index (χ4n) is 5.38. The van der Waals surface area contributed by atoms with Crippen molar-refractivity contribution in [3.05, 3.63) is 47.2 Å². The van der Waals surface area contributed by atoms with Gasteiger partial charge in [0.15, 0.2) is 23.0 Å². The highest BCUT2D eigenvalue weighted by atomic mass is 16.5. The van der Waals surface area contributed by atoms with Crippen LogP contribution in [-0.2, 0) is 0 Å². The van der Waals surface area contributed by atoms with Gasteiger partial charge in [0, 0.05) is 29.6 Å². The first kappa shape index (κ1) is 23.6. The number of nitrogens with zero attached hydrogens (tertiary/aromatic N) is 2. The van der Waals surface area contributed by atoms with Gasteiger partial charge in [-0.1, -0.05) is 6.07 Å². The lowest BCUT2D eigenvalue weighted by molar-refractivity contribution is 0.177. The third-order valence-corrected chi connectivity index (χ3v) is 6.94. The minimum atomic E-state index is -0.0270. The van der Waals surface area contributed by atoms with E-state index < -0.39 is 0 Å². The molecule has 7 heteroatoms. The molecule has 0 radical (unpaired) electrons. The number of piperidine rings is 1. The smallest absolute Gasteiger partial charge is 0.203 e. The Morgan fingerprint density at radius 1 is 0.824 bits per heavy atom. The molecule has 2 aromatic carbocycles.